The Labute approximate surface area is 223 Å². The molecule has 0 amide bonds. The molecule has 0 saturated carbocycles. The second kappa shape index (κ2) is 11.1. The molecule has 5 rings (SSSR count). The quantitative estimate of drug-likeness (QED) is 0.418. The number of anilines is 1. The van der Waals surface area contributed by atoms with Crippen molar-refractivity contribution in [2.45, 2.75) is 44.9 Å². The van der Waals surface area contributed by atoms with E-state index in [1.54, 1.807) is 32.4 Å². The van der Waals surface area contributed by atoms with Crippen molar-refractivity contribution < 1.29 is 28.2 Å². The third-order valence-corrected chi connectivity index (χ3v) is 6.72. The first-order valence-corrected chi connectivity index (χ1v) is 12.5. The fraction of sp³-hybridized carbons (Fsp3) is 0.444. The molecule has 9 nitrogen and oxygen atoms in total. The number of aliphatic hydroxyl groups is 1. The molecule has 1 spiro atoms. The van der Waals surface area contributed by atoms with E-state index in [9.17, 15) is 18.3 Å². The van der Waals surface area contributed by atoms with Gasteiger partial charge in [0, 0.05) is 49.2 Å². The number of piperidine rings is 1. The Balaban J connectivity index is 0.000000448. The number of aromatic nitrogens is 4. The standard InChI is InChI=1S/C25H28N6O.C2HF3O2/c1-24(2,32)7-3-20-21-19(6-13-28-20)23(30-22(29-21)18-4-11-26-12-5-18)31-15-9-25(10-16-31)8-14-27-17-25;3-2(4,5)1(6)7/h4-6,11-13,27,32H,8-10,14-17H2,1-2H3;(H,6,7). The van der Waals surface area contributed by atoms with E-state index in [1.165, 1.54) is 6.42 Å². The van der Waals surface area contributed by atoms with E-state index in [0.717, 1.165) is 55.8 Å². The third kappa shape index (κ3) is 6.99. The number of fused-ring (bicyclic) bond motifs is 1. The molecule has 0 aromatic carbocycles. The summed E-state index contributed by atoms with van der Waals surface area (Å²) in [5, 5.41) is 21.7. The van der Waals surface area contributed by atoms with E-state index in [-0.39, 0.29) is 0 Å². The van der Waals surface area contributed by atoms with Crippen LogP contribution in [-0.2, 0) is 4.79 Å². The normalized spacial score (nSPS) is 16.8. The van der Waals surface area contributed by atoms with E-state index >= 15 is 0 Å². The molecule has 3 aromatic heterocycles. The number of halogens is 3. The fourth-order valence-electron chi connectivity index (χ4n) is 4.63. The predicted octanol–water partition coefficient (Wildman–Crippen LogP) is 3.42. The van der Waals surface area contributed by atoms with Gasteiger partial charge >= 0.3 is 12.1 Å². The van der Waals surface area contributed by atoms with Crippen molar-refractivity contribution in [2.75, 3.05) is 31.1 Å². The minimum Gasteiger partial charge on any atom is -0.475 e. The van der Waals surface area contributed by atoms with Crippen LogP contribution in [-0.4, -0.2) is 74.1 Å². The third-order valence-electron chi connectivity index (χ3n) is 6.72. The van der Waals surface area contributed by atoms with Gasteiger partial charge in [0.2, 0.25) is 0 Å². The molecule has 0 radical (unpaired) electrons. The van der Waals surface area contributed by atoms with Crippen LogP contribution in [0.2, 0.25) is 0 Å². The Morgan fingerprint density at radius 2 is 1.74 bits per heavy atom. The van der Waals surface area contributed by atoms with Crippen molar-refractivity contribution in [3.05, 3.63) is 42.5 Å². The summed E-state index contributed by atoms with van der Waals surface area (Å²) in [6, 6.07) is 5.80. The van der Waals surface area contributed by atoms with E-state index in [0.29, 0.717) is 22.5 Å². The minimum absolute atomic E-state index is 0.429. The van der Waals surface area contributed by atoms with Crippen LogP contribution in [0.5, 0.6) is 0 Å². The summed E-state index contributed by atoms with van der Waals surface area (Å²) < 4.78 is 31.7. The van der Waals surface area contributed by atoms with Crippen molar-refractivity contribution in [3.63, 3.8) is 0 Å². The van der Waals surface area contributed by atoms with Crippen molar-refractivity contribution in [2.24, 2.45) is 5.41 Å². The zero-order valence-electron chi connectivity index (χ0n) is 21.6. The fourth-order valence-corrected chi connectivity index (χ4v) is 4.63. The van der Waals surface area contributed by atoms with Crippen LogP contribution >= 0.6 is 0 Å². The van der Waals surface area contributed by atoms with Crippen LogP contribution in [0.25, 0.3) is 22.3 Å². The number of nitrogens with zero attached hydrogens (tertiary/aromatic N) is 5. The average Bonchev–Trinajstić information content (AvgIpc) is 3.35. The lowest BCUT2D eigenvalue weighted by Crippen LogP contribution is -2.41. The van der Waals surface area contributed by atoms with E-state index in [2.05, 4.69) is 32.0 Å². The largest absolute Gasteiger partial charge is 0.490 e. The molecule has 2 aliphatic rings. The summed E-state index contributed by atoms with van der Waals surface area (Å²) in [7, 11) is 0. The summed E-state index contributed by atoms with van der Waals surface area (Å²) in [5.41, 5.74) is 1.49. The molecule has 0 atom stereocenters. The first-order valence-electron chi connectivity index (χ1n) is 12.5. The molecule has 0 aliphatic carbocycles. The number of nitrogens with one attached hydrogen (secondary N) is 1. The lowest BCUT2D eigenvalue weighted by atomic mass is 9.78. The summed E-state index contributed by atoms with van der Waals surface area (Å²) in [6.07, 6.45) is 3.74. The zero-order valence-corrected chi connectivity index (χ0v) is 21.6. The number of hydrogen-bond donors (Lipinski definition) is 3. The number of alkyl halides is 3. The molecule has 12 heteroatoms. The van der Waals surface area contributed by atoms with Crippen molar-refractivity contribution in [3.8, 4) is 23.2 Å². The van der Waals surface area contributed by atoms with Crippen LogP contribution in [0, 0.1) is 17.3 Å². The highest BCUT2D eigenvalue weighted by Crippen LogP contribution is 2.39. The van der Waals surface area contributed by atoms with Gasteiger partial charge in [-0.15, -0.1) is 0 Å². The van der Waals surface area contributed by atoms with Crippen LogP contribution in [0.1, 0.15) is 38.8 Å². The molecule has 0 unspecified atom stereocenters. The number of aliphatic carboxylic acids is 1. The topological polar surface area (TPSA) is 124 Å². The Bertz CT molecular complexity index is 1380. The number of carboxylic acids is 1. The van der Waals surface area contributed by atoms with Gasteiger partial charge in [0.25, 0.3) is 0 Å². The maximum Gasteiger partial charge on any atom is 0.490 e. The molecule has 2 aliphatic heterocycles. The van der Waals surface area contributed by atoms with Gasteiger partial charge in [-0.1, -0.05) is 5.92 Å². The molecule has 3 aromatic rings. The molecule has 2 fully saturated rings. The number of hydrogen-bond acceptors (Lipinski definition) is 8. The summed E-state index contributed by atoms with van der Waals surface area (Å²) >= 11 is 0. The highest BCUT2D eigenvalue weighted by molar-refractivity contribution is 5.93. The van der Waals surface area contributed by atoms with E-state index < -0.39 is 17.7 Å². The van der Waals surface area contributed by atoms with Crippen molar-refractivity contribution in [1.82, 2.24) is 25.3 Å². The summed E-state index contributed by atoms with van der Waals surface area (Å²) in [4.78, 5) is 29.7. The Hall–Kier alpha value is -3.82. The molecule has 5 heterocycles. The van der Waals surface area contributed by atoms with Crippen molar-refractivity contribution >= 4 is 22.7 Å². The predicted molar refractivity (Wildman–Crippen MR) is 139 cm³/mol. The van der Waals surface area contributed by atoms with Crippen LogP contribution in [0.4, 0.5) is 19.0 Å². The van der Waals surface area contributed by atoms with Gasteiger partial charge < -0.3 is 20.4 Å². The molecular formula is C27H29F3N6O3. The van der Waals surface area contributed by atoms with Crippen molar-refractivity contribution in [1.29, 1.82) is 0 Å². The number of carboxylic acid groups (broad SMARTS) is 1. The van der Waals surface area contributed by atoms with Gasteiger partial charge in [-0.05, 0) is 69.2 Å². The monoisotopic (exact) mass is 542 g/mol. The Kier molecular flexibility index (Phi) is 8.04. The number of pyridine rings is 2. The molecule has 206 valence electrons. The molecule has 0 bridgehead atoms. The van der Waals surface area contributed by atoms with Gasteiger partial charge in [-0.25, -0.2) is 19.7 Å². The second-order valence-corrected chi connectivity index (χ2v) is 10.2. The second-order valence-electron chi connectivity index (χ2n) is 10.2. The van der Waals surface area contributed by atoms with Gasteiger partial charge in [-0.3, -0.25) is 4.98 Å². The summed E-state index contributed by atoms with van der Waals surface area (Å²) in [6.45, 7) is 7.50. The van der Waals surface area contributed by atoms with Gasteiger partial charge in [-0.2, -0.15) is 13.2 Å². The van der Waals surface area contributed by atoms with Gasteiger partial charge in [0.05, 0.1) is 0 Å². The molecule has 2 saturated heterocycles. The zero-order chi connectivity index (χ0) is 28.3. The summed E-state index contributed by atoms with van der Waals surface area (Å²) in [5.74, 6) is 4.72. The first-order chi connectivity index (χ1) is 18.4. The number of carbonyl (C=O) groups is 1. The van der Waals surface area contributed by atoms with Gasteiger partial charge in [0.15, 0.2) is 5.82 Å². The Morgan fingerprint density at radius 3 is 2.31 bits per heavy atom. The maximum atomic E-state index is 10.6. The molecule has 39 heavy (non-hydrogen) atoms. The van der Waals surface area contributed by atoms with E-state index in [4.69, 9.17) is 19.9 Å². The highest BCUT2D eigenvalue weighted by atomic mass is 19.4. The molecule has 3 N–H and O–H groups in total. The lowest BCUT2D eigenvalue weighted by Gasteiger charge is -2.39. The van der Waals surface area contributed by atoms with Crippen LogP contribution in [0.3, 0.4) is 0 Å². The average molecular weight is 543 g/mol. The smallest absolute Gasteiger partial charge is 0.475 e. The first kappa shape index (κ1) is 28.2. The van der Waals surface area contributed by atoms with E-state index in [1.807, 2.05) is 18.2 Å². The van der Waals surface area contributed by atoms with Crippen LogP contribution < -0.4 is 10.2 Å². The maximum absolute atomic E-state index is 10.6. The minimum atomic E-state index is -5.08. The number of rotatable bonds is 2. The van der Waals surface area contributed by atoms with Crippen LogP contribution in [0.15, 0.2) is 36.8 Å². The Morgan fingerprint density at radius 1 is 1.08 bits per heavy atom. The highest BCUT2D eigenvalue weighted by Gasteiger charge is 2.38. The SMILES string of the molecule is CC(C)(O)C#Cc1nccc2c(N3CCC4(CCNC4)CC3)nc(-c3ccncc3)nc12.O=C(O)C(F)(F)F. The molecular weight excluding hydrogens is 513 g/mol. The lowest BCUT2D eigenvalue weighted by molar-refractivity contribution is -0.192. The van der Waals surface area contributed by atoms with Gasteiger partial charge in [0.1, 0.15) is 22.6 Å².